The molecule has 6 heteroatoms. The van der Waals surface area contributed by atoms with E-state index >= 15 is 0 Å². The van der Waals surface area contributed by atoms with Crippen molar-refractivity contribution in [3.8, 4) is 23.0 Å². The van der Waals surface area contributed by atoms with E-state index in [0.717, 1.165) is 38.8 Å². The van der Waals surface area contributed by atoms with E-state index in [2.05, 4.69) is 22.1 Å². The largest absolute Gasteiger partial charge is 0.361 e. The topological polar surface area (TPSA) is 79.4 Å². The minimum atomic E-state index is -0.169. The zero-order valence-corrected chi connectivity index (χ0v) is 16.0. The molecule has 29 heavy (non-hydrogen) atoms. The highest BCUT2D eigenvalue weighted by Gasteiger charge is 2.18. The van der Waals surface area contributed by atoms with Gasteiger partial charge in [0, 0.05) is 24.3 Å². The van der Waals surface area contributed by atoms with E-state index in [-0.39, 0.29) is 5.69 Å². The van der Waals surface area contributed by atoms with E-state index in [4.69, 9.17) is 0 Å². The number of hydrogen-bond acceptors (Lipinski definition) is 3. The van der Waals surface area contributed by atoms with Gasteiger partial charge in [0.15, 0.2) is 0 Å². The van der Waals surface area contributed by atoms with Crippen molar-refractivity contribution in [1.29, 1.82) is 5.26 Å². The van der Waals surface area contributed by atoms with Crippen molar-refractivity contribution in [2.75, 3.05) is 0 Å². The Bertz CT molecular complexity index is 1500. The summed E-state index contributed by atoms with van der Waals surface area (Å²) in [7, 11) is 1.74. The summed E-state index contributed by atoms with van der Waals surface area (Å²) >= 11 is 0. The van der Waals surface area contributed by atoms with Crippen molar-refractivity contribution in [3.05, 3.63) is 82.5 Å². The van der Waals surface area contributed by atoms with Crippen molar-refractivity contribution >= 4 is 21.9 Å². The lowest BCUT2D eigenvalue weighted by Gasteiger charge is -2.10. The fourth-order valence-corrected chi connectivity index (χ4v) is 3.82. The van der Waals surface area contributed by atoms with Crippen LogP contribution in [0.1, 0.15) is 11.1 Å². The van der Waals surface area contributed by atoms with Crippen LogP contribution in [0.25, 0.3) is 38.9 Å². The molecule has 5 rings (SSSR count). The van der Waals surface area contributed by atoms with Gasteiger partial charge in [-0.15, -0.1) is 0 Å². The molecule has 0 aliphatic carbocycles. The molecular weight excluding hydrogens is 362 g/mol. The van der Waals surface area contributed by atoms with Crippen LogP contribution in [0.5, 0.6) is 0 Å². The zero-order valence-electron chi connectivity index (χ0n) is 16.0. The second-order valence-electron chi connectivity index (χ2n) is 7.10. The van der Waals surface area contributed by atoms with E-state index in [1.165, 1.54) is 0 Å². The molecule has 5 aromatic rings. The van der Waals surface area contributed by atoms with E-state index in [9.17, 15) is 10.1 Å². The Morgan fingerprint density at radius 3 is 2.76 bits per heavy atom. The molecule has 0 spiro atoms. The second-order valence-corrected chi connectivity index (χ2v) is 7.10. The molecule has 0 radical (unpaired) electrons. The summed E-state index contributed by atoms with van der Waals surface area (Å²) in [5.41, 5.74) is 6.32. The Hall–Kier alpha value is -4.11. The first-order valence-corrected chi connectivity index (χ1v) is 9.23. The number of rotatable bonds is 2. The maximum atomic E-state index is 13.2. The molecule has 2 aromatic carbocycles. The van der Waals surface area contributed by atoms with Crippen molar-refractivity contribution < 1.29 is 0 Å². The standard InChI is InChI=1S/C23H17N5O/c1-14-5-6-15(12-24)10-20(14)28-22-17-11-16(18-4-3-9-25-18)7-8-19(17)26-13-21(22)27(2)23(28)29/h3-11,13,25H,1-2H3. The molecule has 0 fully saturated rings. The van der Waals surface area contributed by atoms with Gasteiger partial charge in [-0.25, -0.2) is 4.79 Å². The minimum Gasteiger partial charge on any atom is -0.361 e. The summed E-state index contributed by atoms with van der Waals surface area (Å²) in [5.74, 6) is 0. The first-order valence-electron chi connectivity index (χ1n) is 9.23. The van der Waals surface area contributed by atoms with Crippen molar-refractivity contribution in [2.45, 2.75) is 6.92 Å². The van der Waals surface area contributed by atoms with Gasteiger partial charge in [0.2, 0.25) is 0 Å². The first kappa shape index (κ1) is 17.0. The van der Waals surface area contributed by atoms with Crippen LogP contribution in [0.4, 0.5) is 0 Å². The van der Waals surface area contributed by atoms with Gasteiger partial charge in [-0.2, -0.15) is 5.26 Å². The average Bonchev–Trinajstić information content (AvgIpc) is 3.36. The molecule has 3 heterocycles. The number of pyridine rings is 1. The Kier molecular flexibility index (Phi) is 3.65. The fraction of sp³-hybridized carbons (Fsp3) is 0.0870. The Morgan fingerprint density at radius 2 is 2.00 bits per heavy atom. The minimum absolute atomic E-state index is 0.169. The molecule has 0 saturated heterocycles. The quantitative estimate of drug-likeness (QED) is 0.502. The third-order valence-electron chi connectivity index (χ3n) is 5.37. The van der Waals surface area contributed by atoms with Crippen LogP contribution in [-0.2, 0) is 7.05 Å². The molecule has 0 aliphatic rings. The normalized spacial score (nSPS) is 11.2. The highest BCUT2D eigenvalue weighted by Crippen LogP contribution is 2.30. The summed E-state index contributed by atoms with van der Waals surface area (Å²) in [6.07, 6.45) is 3.61. The smallest absolute Gasteiger partial charge is 0.333 e. The molecule has 0 bridgehead atoms. The summed E-state index contributed by atoms with van der Waals surface area (Å²) in [6.45, 7) is 1.94. The number of hydrogen-bond donors (Lipinski definition) is 1. The molecule has 0 amide bonds. The number of aromatic nitrogens is 4. The molecule has 6 nitrogen and oxygen atoms in total. The number of aryl methyl sites for hydroxylation is 2. The molecule has 0 unspecified atom stereocenters. The molecule has 0 aliphatic heterocycles. The third kappa shape index (κ3) is 2.48. The van der Waals surface area contributed by atoms with E-state index in [0.29, 0.717) is 11.3 Å². The Labute approximate surface area is 166 Å². The lowest BCUT2D eigenvalue weighted by molar-refractivity contribution is 0.843. The van der Waals surface area contributed by atoms with E-state index < -0.39 is 0 Å². The van der Waals surface area contributed by atoms with Crippen LogP contribution in [0.15, 0.2) is 65.7 Å². The van der Waals surface area contributed by atoms with Gasteiger partial charge in [0.1, 0.15) is 0 Å². The maximum Gasteiger partial charge on any atom is 0.333 e. The predicted octanol–water partition coefficient (Wildman–Crippen LogP) is 4.05. The van der Waals surface area contributed by atoms with Gasteiger partial charge in [-0.05, 0) is 54.4 Å². The monoisotopic (exact) mass is 379 g/mol. The van der Waals surface area contributed by atoms with Crippen LogP contribution in [0.3, 0.4) is 0 Å². The number of nitriles is 1. The van der Waals surface area contributed by atoms with Crippen LogP contribution in [0.2, 0.25) is 0 Å². The van der Waals surface area contributed by atoms with Crippen LogP contribution in [0, 0.1) is 18.3 Å². The molecule has 1 N–H and O–H groups in total. The lowest BCUT2D eigenvalue weighted by Crippen LogP contribution is -2.21. The average molecular weight is 379 g/mol. The van der Waals surface area contributed by atoms with Gasteiger partial charge >= 0.3 is 5.69 Å². The van der Waals surface area contributed by atoms with Crippen molar-refractivity contribution in [3.63, 3.8) is 0 Å². The first-order chi connectivity index (χ1) is 14.1. The fourth-order valence-electron chi connectivity index (χ4n) is 3.82. The number of fused-ring (bicyclic) bond motifs is 3. The summed E-state index contributed by atoms with van der Waals surface area (Å²) in [5, 5.41) is 10.2. The number of imidazole rings is 1. The lowest BCUT2D eigenvalue weighted by atomic mass is 10.1. The van der Waals surface area contributed by atoms with Gasteiger partial charge in [0.25, 0.3) is 0 Å². The predicted molar refractivity (Wildman–Crippen MR) is 113 cm³/mol. The van der Waals surface area contributed by atoms with Gasteiger partial charge in [-0.3, -0.25) is 14.1 Å². The highest BCUT2D eigenvalue weighted by molar-refractivity contribution is 6.04. The number of nitrogens with zero attached hydrogens (tertiary/aromatic N) is 4. The number of aromatic amines is 1. The van der Waals surface area contributed by atoms with Gasteiger partial charge in [-0.1, -0.05) is 12.1 Å². The number of nitrogens with one attached hydrogen (secondary N) is 1. The SMILES string of the molecule is Cc1ccc(C#N)cc1-n1c(=O)n(C)c2cnc3ccc(-c4ccc[nH]4)cc3c21. The Balaban J connectivity index is 1.94. The molecule has 0 saturated carbocycles. The Morgan fingerprint density at radius 1 is 1.14 bits per heavy atom. The molecule has 140 valence electrons. The van der Waals surface area contributed by atoms with Crippen LogP contribution < -0.4 is 5.69 Å². The molecular formula is C23H17N5O. The summed E-state index contributed by atoms with van der Waals surface area (Å²) < 4.78 is 3.29. The van der Waals surface area contributed by atoms with Gasteiger partial charge in [0.05, 0.1) is 40.1 Å². The van der Waals surface area contributed by atoms with Crippen LogP contribution >= 0.6 is 0 Å². The van der Waals surface area contributed by atoms with Crippen LogP contribution in [-0.4, -0.2) is 19.1 Å². The number of H-pyrrole nitrogens is 1. The van der Waals surface area contributed by atoms with Crippen molar-refractivity contribution in [1.82, 2.24) is 19.1 Å². The van der Waals surface area contributed by atoms with Gasteiger partial charge < -0.3 is 4.98 Å². The second kappa shape index (κ2) is 6.21. The maximum absolute atomic E-state index is 13.2. The summed E-state index contributed by atoms with van der Waals surface area (Å²) in [6, 6.07) is 17.5. The third-order valence-corrected chi connectivity index (χ3v) is 5.37. The molecule has 0 atom stereocenters. The highest BCUT2D eigenvalue weighted by atomic mass is 16.1. The van der Waals surface area contributed by atoms with E-state index in [1.807, 2.05) is 43.5 Å². The summed E-state index contributed by atoms with van der Waals surface area (Å²) in [4.78, 5) is 21.0. The number of benzene rings is 2. The zero-order chi connectivity index (χ0) is 20.1. The van der Waals surface area contributed by atoms with Crippen molar-refractivity contribution in [2.24, 2.45) is 7.05 Å². The van der Waals surface area contributed by atoms with E-state index in [1.54, 1.807) is 34.5 Å². The molecule has 3 aromatic heterocycles.